The summed E-state index contributed by atoms with van der Waals surface area (Å²) in [6.07, 6.45) is 3.01. The molecule has 4 heteroatoms. The first-order valence-corrected chi connectivity index (χ1v) is 4.65. The van der Waals surface area contributed by atoms with Crippen molar-refractivity contribution < 1.29 is 20.1 Å². The van der Waals surface area contributed by atoms with E-state index >= 15 is 0 Å². The van der Waals surface area contributed by atoms with Crippen molar-refractivity contribution in [2.75, 3.05) is 7.11 Å². The quantitative estimate of drug-likeness (QED) is 0.538. The maximum absolute atomic E-state index is 9.61. The minimum atomic E-state index is -0.288. The SMILES string of the molecule is C=C(O)/C=C/c1cc(CO)c(O)c(OC)c1. The van der Waals surface area contributed by atoms with Gasteiger partial charge >= 0.3 is 0 Å². The molecule has 0 radical (unpaired) electrons. The number of benzene rings is 1. The lowest BCUT2D eigenvalue weighted by atomic mass is 10.1. The molecule has 0 aliphatic carbocycles. The smallest absolute Gasteiger partial charge is 0.163 e. The number of allylic oxidation sites excluding steroid dienone is 1. The molecule has 0 saturated heterocycles. The van der Waals surface area contributed by atoms with Crippen LogP contribution in [0.15, 0.2) is 30.5 Å². The molecule has 0 saturated carbocycles. The Morgan fingerprint density at radius 2 is 2.19 bits per heavy atom. The molecule has 4 nitrogen and oxygen atoms in total. The first kappa shape index (κ1) is 12.1. The van der Waals surface area contributed by atoms with Gasteiger partial charge in [0.2, 0.25) is 0 Å². The number of aliphatic hydroxyl groups excluding tert-OH is 2. The van der Waals surface area contributed by atoms with Gasteiger partial charge in [0.05, 0.1) is 13.7 Å². The summed E-state index contributed by atoms with van der Waals surface area (Å²) in [6.45, 7) is 3.02. The van der Waals surface area contributed by atoms with Crippen LogP contribution >= 0.6 is 0 Å². The fourth-order valence-electron chi connectivity index (χ4n) is 1.25. The minimum Gasteiger partial charge on any atom is -0.509 e. The number of aliphatic hydroxyl groups is 2. The summed E-state index contributed by atoms with van der Waals surface area (Å²) in [5, 5.41) is 27.6. The van der Waals surface area contributed by atoms with Gasteiger partial charge in [-0.3, -0.25) is 0 Å². The van der Waals surface area contributed by atoms with E-state index in [4.69, 9.17) is 14.9 Å². The Morgan fingerprint density at radius 3 is 2.69 bits per heavy atom. The first-order valence-electron chi connectivity index (χ1n) is 4.65. The molecular weight excluding hydrogens is 208 g/mol. The molecule has 1 aromatic carbocycles. The van der Waals surface area contributed by atoms with Gasteiger partial charge in [-0.25, -0.2) is 0 Å². The fourth-order valence-corrected chi connectivity index (χ4v) is 1.25. The number of hydrogen-bond acceptors (Lipinski definition) is 4. The number of phenols is 1. The van der Waals surface area contributed by atoms with Crippen LogP contribution in [0.5, 0.6) is 11.5 Å². The van der Waals surface area contributed by atoms with Crippen LogP contribution < -0.4 is 4.74 Å². The van der Waals surface area contributed by atoms with Crippen molar-refractivity contribution >= 4 is 6.08 Å². The number of aromatic hydroxyl groups is 1. The van der Waals surface area contributed by atoms with Gasteiger partial charge < -0.3 is 20.1 Å². The van der Waals surface area contributed by atoms with Crippen LogP contribution in [0.4, 0.5) is 0 Å². The van der Waals surface area contributed by atoms with Crippen LogP contribution in [0.25, 0.3) is 6.08 Å². The van der Waals surface area contributed by atoms with Gasteiger partial charge in [0.15, 0.2) is 11.5 Å². The van der Waals surface area contributed by atoms with Gasteiger partial charge in [-0.15, -0.1) is 0 Å². The third-order valence-electron chi connectivity index (χ3n) is 2.03. The van der Waals surface area contributed by atoms with E-state index in [0.717, 1.165) is 0 Å². The van der Waals surface area contributed by atoms with E-state index < -0.39 is 0 Å². The van der Waals surface area contributed by atoms with Crippen molar-refractivity contribution in [1.82, 2.24) is 0 Å². The molecule has 3 N–H and O–H groups in total. The van der Waals surface area contributed by atoms with Crippen molar-refractivity contribution in [2.45, 2.75) is 6.61 Å². The summed E-state index contributed by atoms with van der Waals surface area (Å²) >= 11 is 0. The molecule has 1 aromatic rings. The van der Waals surface area contributed by atoms with Crippen LogP contribution in [-0.2, 0) is 6.61 Å². The third-order valence-corrected chi connectivity index (χ3v) is 2.03. The van der Waals surface area contributed by atoms with E-state index in [9.17, 15) is 5.11 Å². The maximum atomic E-state index is 9.61. The molecule has 0 aliphatic heterocycles. The van der Waals surface area contributed by atoms with E-state index in [0.29, 0.717) is 11.1 Å². The second kappa shape index (κ2) is 5.23. The highest BCUT2D eigenvalue weighted by atomic mass is 16.5. The molecule has 0 fully saturated rings. The van der Waals surface area contributed by atoms with Crippen LogP contribution in [-0.4, -0.2) is 22.4 Å². The molecule has 0 unspecified atom stereocenters. The lowest BCUT2D eigenvalue weighted by Crippen LogP contribution is -1.91. The molecule has 0 atom stereocenters. The highest BCUT2D eigenvalue weighted by molar-refractivity contribution is 5.59. The Balaban J connectivity index is 3.16. The Morgan fingerprint density at radius 1 is 1.50 bits per heavy atom. The zero-order valence-corrected chi connectivity index (χ0v) is 8.97. The van der Waals surface area contributed by atoms with Crippen LogP contribution in [0.3, 0.4) is 0 Å². The van der Waals surface area contributed by atoms with E-state index in [1.54, 1.807) is 18.2 Å². The standard InChI is InChI=1S/C12H14O4/c1-8(14)3-4-9-5-10(7-13)12(15)11(6-9)16-2/h3-6,13-15H,1,7H2,2H3/b4-3+. The highest BCUT2D eigenvalue weighted by Crippen LogP contribution is 2.31. The molecule has 86 valence electrons. The third kappa shape index (κ3) is 2.77. The second-order valence-electron chi connectivity index (χ2n) is 3.21. The van der Waals surface area contributed by atoms with Crippen molar-refractivity contribution in [1.29, 1.82) is 0 Å². The Kier molecular flexibility index (Phi) is 3.96. The zero-order chi connectivity index (χ0) is 12.1. The molecule has 0 aliphatic rings. The largest absolute Gasteiger partial charge is 0.509 e. The summed E-state index contributed by atoms with van der Waals surface area (Å²) in [5.41, 5.74) is 1.05. The van der Waals surface area contributed by atoms with Crippen LogP contribution in [0, 0.1) is 0 Å². The topological polar surface area (TPSA) is 69.9 Å². The Labute approximate surface area is 93.7 Å². The van der Waals surface area contributed by atoms with Crippen molar-refractivity contribution in [3.8, 4) is 11.5 Å². The average molecular weight is 222 g/mol. The van der Waals surface area contributed by atoms with Gasteiger partial charge in [0.1, 0.15) is 5.76 Å². The van der Waals surface area contributed by atoms with E-state index in [1.807, 2.05) is 0 Å². The molecule has 16 heavy (non-hydrogen) atoms. The number of methoxy groups -OCH3 is 1. The number of rotatable bonds is 4. The summed E-state index contributed by atoms with van der Waals surface area (Å²) in [5.74, 6) is 0.123. The number of ether oxygens (including phenoxy) is 1. The normalized spacial score (nSPS) is 10.6. The monoisotopic (exact) mass is 222 g/mol. The van der Waals surface area contributed by atoms with Gasteiger partial charge in [-0.1, -0.05) is 12.7 Å². The van der Waals surface area contributed by atoms with E-state index in [2.05, 4.69) is 6.58 Å². The molecule has 0 aromatic heterocycles. The van der Waals surface area contributed by atoms with Gasteiger partial charge in [-0.05, 0) is 23.8 Å². The predicted octanol–water partition coefficient (Wildman–Crippen LogP) is 1.98. The second-order valence-corrected chi connectivity index (χ2v) is 3.21. The average Bonchev–Trinajstić information content (AvgIpc) is 2.27. The van der Waals surface area contributed by atoms with Gasteiger partial charge in [0, 0.05) is 5.56 Å². The summed E-state index contributed by atoms with van der Waals surface area (Å²) in [7, 11) is 1.43. The van der Waals surface area contributed by atoms with Crippen molar-refractivity contribution in [2.24, 2.45) is 0 Å². The number of hydrogen-bond donors (Lipinski definition) is 3. The van der Waals surface area contributed by atoms with E-state index in [-0.39, 0.29) is 23.9 Å². The Bertz CT molecular complexity index is 396. The lowest BCUT2D eigenvalue weighted by Gasteiger charge is -2.08. The van der Waals surface area contributed by atoms with Crippen molar-refractivity contribution in [3.63, 3.8) is 0 Å². The summed E-state index contributed by atoms with van der Waals surface area (Å²) in [4.78, 5) is 0. The molecular formula is C12H14O4. The van der Waals surface area contributed by atoms with Crippen LogP contribution in [0.2, 0.25) is 0 Å². The molecule has 1 rings (SSSR count). The lowest BCUT2D eigenvalue weighted by molar-refractivity contribution is 0.272. The Hall–Kier alpha value is -1.94. The zero-order valence-electron chi connectivity index (χ0n) is 8.97. The van der Waals surface area contributed by atoms with Gasteiger partial charge in [0.25, 0.3) is 0 Å². The predicted molar refractivity (Wildman–Crippen MR) is 61.4 cm³/mol. The highest BCUT2D eigenvalue weighted by Gasteiger charge is 2.08. The maximum Gasteiger partial charge on any atom is 0.163 e. The van der Waals surface area contributed by atoms with E-state index in [1.165, 1.54) is 13.2 Å². The summed E-state index contributed by atoms with van der Waals surface area (Å²) < 4.78 is 4.96. The van der Waals surface area contributed by atoms with Crippen molar-refractivity contribution in [3.05, 3.63) is 41.7 Å². The molecule has 0 bridgehead atoms. The molecule has 0 spiro atoms. The van der Waals surface area contributed by atoms with Crippen LogP contribution in [0.1, 0.15) is 11.1 Å². The summed E-state index contributed by atoms with van der Waals surface area (Å²) in [6, 6.07) is 3.19. The fraction of sp³-hybridized carbons (Fsp3) is 0.167. The minimum absolute atomic E-state index is 0.0717. The first-order chi connectivity index (χ1) is 7.58. The molecule has 0 amide bonds. The van der Waals surface area contributed by atoms with Gasteiger partial charge in [-0.2, -0.15) is 0 Å². The molecule has 0 heterocycles.